The largest absolute Gasteiger partial charge is 0.497 e. The van der Waals surface area contributed by atoms with Crippen molar-refractivity contribution >= 4 is 11.8 Å². The number of rotatable bonds is 5. The van der Waals surface area contributed by atoms with Gasteiger partial charge in [-0.15, -0.1) is 0 Å². The molecular weight excluding hydrogens is 344 g/mol. The molecule has 0 saturated carbocycles. The van der Waals surface area contributed by atoms with E-state index in [-0.39, 0.29) is 17.9 Å². The van der Waals surface area contributed by atoms with Crippen LogP contribution in [0.2, 0.25) is 0 Å². The maximum atomic E-state index is 13.1. The van der Waals surface area contributed by atoms with Crippen LogP contribution >= 0.6 is 0 Å². The Morgan fingerprint density at radius 2 is 2.15 bits per heavy atom. The van der Waals surface area contributed by atoms with Gasteiger partial charge < -0.3 is 19.5 Å². The average molecular weight is 370 g/mol. The molecule has 7 heteroatoms. The van der Waals surface area contributed by atoms with E-state index in [9.17, 15) is 9.59 Å². The van der Waals surface area contributed by atoms with Gasteiger partial charge in [-0.3, -0.25) is 9.59 Å². The smallest absolute Gasteiger partial charge is 0.249 e. The van der Waals surface area contributed by atoms with Gasteiger partial charge >= 0.3 is 0 Å². The topological polar surface area (TPSA) is 76.5 Å². The first-order valence-corrected chi connectivity index (χ1v) is 9.15. The Kier molecular flexibility index (Phi) is 5.48. The molecule has 1 aromatic carbocycles. The molecule has 7 nitrogen and oxygen atoms in total. The third-order valence-electron chi connectivity index (χ3n) is 4.88. The molecule has 1 aromatic heterocycles. The van der Waals surface area contributed by atoms with Crippen molar-refractivity contribution in [2.24, 2.45) is 0 Å². The molecule has 1 N–H and O–H groups in total. The molecule has 3 rings (SSSR count). The molecule has 0 aliphatic carbocycles. The van der Waals surface area contributed by atoms with Crippen molar-refractivity contribution in [3.05, 3.63) is 47.5 Å². The molecule has 2 aromatic rings. The maximum absolute atomic E-state index is 13.1. The van der Waals surface area contributed by atoms with Crippen LogP contribution in [-0.4, -0.2) is 39.9 Å². The molecule has 2 amide bonds. The summed E-state index contributed by atoms with van der Waals surface area (Å²) in [4.78, 5) is 31.4. The first-order valence-electron chi connectivity index (χ1n) is 9.15. The van der Waals surface area contributed by atoms with Crippen LogP contribution in [0.5, 0.6) is 5.75 Å². The highest BCUT2D eigenvalue weighted by Crippen LogP contribution is 2.31. The molecule has 0 bridgehead atoms. The number of imidazole rings is 1. The molecule has 0 saturated heterocycles. The number of ether oxygens (including phenoxy) is 1. The fourth-order valence-electron chi connectivity index (χ4n) is 3.49. The van der Waals surface area contributed by atoms with Crippen LogP contribution in [0, 0.1) is 0 Å². The lowest BCUT2D eigenvalue weighted by molar-refractivity contribution is -0.140. The Balaban J connectivity index is 1.86. The monoisotopic (exact) mass is 370 g/mol. The predicted octanol–water partition coefficient (Wildman–Crippen LogP) is 2.23. The van der Waals surface area contributed by atoms with Crippen LogP contribution in [0.15, 0.2) is 30.6 Å². The van der Waals surface area contributed by atoms with Crippen molar-refractivity contribution in [2.75, 3.05) is 13.7 Å². The van der Waals surface area contributed by atoms with E-state index in [4.69, 9.17) is 4.74 Å². The van der Waals surface area contributed by atoms with Gasteiger partial charge in [0.2, 0.25) is 11.8 Å². The number of carbonyl (C=O) groups is 2. The van der Waals surface area contributed by atoms with Crippen LogP contribution in [0.1, 0.15) is 49.8 Å². The third-order valence-corrected chi connectivity index (χ3v) is 4.88. The normalized spacial score (nSPS) is 16.2. The maximum Gasteiger partial charge on any atom is 0.249 e. The molecule has 1 unspecified atom stereocenters. The summed E-state index contributed by atoms with van der Waals surface area (Å²) < 4.78 is 7.21. The predicted molar refractivity (Wildman–Crippen MR) is 101 cm³/mol. The number of amides is 2. The third kappa shape index (κ3) is 3.82. The molecule has 27 heavy (non-hydrogen) atoms. The second-order valence-electron chi connectivity index (χ2n) is 7.01. The van der Waals surface area contributed by atoms with Crippen molar-refractivity contribution in [3.63, 3.8) is 0 Å². The van der Waals surface area contributed by atoms with Gasteiger partial charge in [-0.2, -0.15) is 0 Å². The summed E-state index contributed by atoms with van der Waals surface area (Å²) in [6.45, 7) is 6.45. The molecule has 1 aliphatic heterocycles. The van der Waals surface area contributed by atoms with Gasteiger partial charge in [-0.25, -0.2) is 4.98 Å². The van der Waals surface area contributed by atoms with E-state index in [1.54, 1.807) is 18.3 Å². The van der Waals surface area contributed by atoms with E-state index in [1.807, 2.05) is 42.7 Å². The van der Waals surface area contributed by atoms with E-state index < -0.39 is 6.04 Å². The Hall–Kier alpha value is -2.83. The lowest BCUT2D eigenvalue weighted by atomic mass is 10.0. The Morgan fingerprint density at radius 3 is 2.81 bits per heavy atom. The highest BCUT2D eigenvalue weighted by molar-refractivity contribution is 5.88. The number of hydrogen-bond acceptors (Lipinski definition) is 4. The van der Waals surface area contributed by atoms with Crippen LogP contribution in [-0.2, 0) is 22.6 Å². The van der Waals surface area contributed by atoms with Gasteiger partial charge in [0.1, 0.15) is 5.75 Å². The lowest BCUT2D eigenvalue weighted by Gasteiger charge is -2.35. The van der Waals surface area contributed by atoms with E-state index in [0.717, 1.165) is 22.7 Å². The highest BCUT2D eigenvalue weighted by Gasteiger charge is 2.38. The molecule has 1 aliphatic rings. The van der Waals surface area contributed by atoms with Gasteiger partial charge in [-0.1, -0.05) is 12.1 Å². The number of aromatic nitrogens is 2. The van der Waals surface area contributed by atoms with Crippen LogP contribution in [0.4, 0.5) is 0 Å². The zero-order valence-electron chi connectivity index (χ0n) is 16.2. The van der Waals surface area contributed by atoms with Gasteiger partial charge in [0, 0.05) is 32.5 Å². The van der Waals surface area contributed by atoms with Crippen molar-refractivity contribution in [1.29, 1.82) is 0 Å². The molecule has 0 fully saturated rings. The molecule has 2 heterocycles. The average Bonchev–Trinajstić information content (AvgIpc) is 3.09. The van der Waals surface area contributed by atoms with Crippen LogP contribution in [0.25, 0.3) is 0 Å². The van der Waals surface area contributed by atoms with E-state index >= 15 is 0 Å². The second-order valence-corrected chi connectivity index (χ2v) is 7.01. The summed E-state index contributed by atoms with van der Waals surface area (Å²) in [6, 6.07) is 7.04. The molecule has 144 valence electrons. The minimum Gasteiger partial charge on any atom is -0.497 e. The number of methoxy groups -OCH3 is 1. The fraction of sp³-hybridized carbons (Fsp3) is 0.450. The molecule has 0 radical (unpaired) electrons. The minimum absolute atomic E-state index is 0.112. The van der Waals surface area contributed by atoms with Crippen LogP contribution < -0.4 is 10.1 Å². The van der Waals surface area contributed by atoms with Crippen LogP contribution in [0.3, 0.4) is 0 Å². The van der Waals surface area contributed by atoms with Gasteiger partial charge in [0.15, 0.2) is 6.04 Å². The summed E-state index contributed by atoms with van der Waals surface area (Å²) in [6.07, 6.45) is 2.43. The van der Waals surface area contributed by atoms with Crippen molar-refractivity contribution < 1.29 is 14.3 Å². The molecule has 0 spiro atoms. The fourth-order valence-corrected chi connectivity index (χ4v) is 3.49. The Bertz CT molecular complexity index is 844. The van der Waals surface area contributed by atoms with Gasteiger partial charge in [-0.05, 0) is 31.5 Å². The zero-order valence-corrected chi connectivity index (χ0v) is 16.2. The summed E-state index contributed by atoms with van der Waals surface area (Å²) in [5.41, 5.74) is 2.64. The summed E-state index contributed by atoms with van der Waals surface area (Å²) >= 11 is 0. The Labute approximate surface area is 159 Å². The van der Waals surface area contributed by atoms with Gasteiger partial charge in [0.25, 0.3) is 0 Å². The first kappa shape index (κ1) is 18.9. The number of nitrogens with zero attached hydrogens (tertiary/aromatic N) is 3. The SMILES string of the molecule is COc1cccc(CNC(=O)C2c3c(ncn3C(C)C)CCN2C(C)=O)c1. The molecular formula is C20H26N4O3. The minimum atomic E-state index is -0.665. The van der Waals surface area contributed by atoms with E-state index in [0.29, 0.717) is 19.5 Å². The van der Waals surface area contributed by atoms with E-state index in [2.05, 4.69) is 10.3 Å². The second kappa shape index (κ2) is 7.82. The number of hydrogen-bond donors (Lipinski definition) is 1. The first-order chi connectivity index (χ1) is 12.9. The number of fused-ring (bicyclic) bond motifs is 1. The number of carbonyl (C=O) groups excluding carboxylic acids is 2. The quantitative estimate of drug-likeness (QED) is 0.876. The lowest BCUT2D eigenvalue weighted by Crippen LogP contribution is -2.47. The zero-order chi connectivity index (χ0) is 19.6. The standard InChI is InChI=1S/C20H26N4O3/c1-13(2)24-12-22-17-8-9-23(14(3)25)19(18(17)24)20(26)21-11-15-6-5-7-16(10-15)27-4/h5-7,10,12-13,19H,8-9,11H2,1-4H3,(H,21,26). The number of nitrogens with one attached hydrogen (secondary N) is 1. The van der Waals surface area contributed by atoms with Crippen molar-refractivity contribution in [3.8, 4) is 5.75 Å². The number of benzene rings is 1. The summed E-state index contributed by atoms with van der Waals surface area (Å²) in [5, 5.41) is 2.97. The molecule has 1 atom stereocenters. The summed E-state index contributed by atoms with van der Waals surface area (Å²) in [7, 11) is 1.61. The summed E-state index contributed by atoms with van der Waals surface area (Å²) in [5.74, 6) is 0.431. The van der Waals surface area contributed by atoms with E-state index in [1.165, 1.54) is 6.92 Å². The Morgan fingerprint density at radius 1 is 1.37 bits per heavy atom. The van der Waals surface area contributed by atoms with Crippen molar-refractivity contribution in [2.45, 2.75) is 45.8 Å². The van der Waals surface area contributed by atoms with Crippen molar-refractivity contribution in [1.82, 2.24) is 19.8 Å². The van der Waals surface area contributed by atoms with Gasteiger partial charge in [0.05, 0.1) is 24.8 Å². The highest BCUT2D eigenvalue weighted by atomic mass is 16.5.